The van der Waals surface area contributed by atoms with E-state index in [-0.39, 0.29) is 18.2 Å². The summed E-state index contributed by atoms with van der Waals surface area (Å²) in [6.45, 7) is 1.20. The van der Waals surface area contributed by atoms with E-state index in [1.165, 1.54) is 12.1 Å². The predicted molar refractivity (Wildman–Crippen MR) is 118 cm³/mol. The Balaban J connectivity index is 1.60. The van der Waals surface area contributed by atoms with Crippen molar-refractivity contribution in [1.29, 1.82) is 0 Å². The number of pyridine rings is 1. The highest BCUT2D eigenvalue weighted by molar-refractivity contribution is 5.97. The standard InChI is InChI=1S/C23H22FN5O3/c1-13(31)21(14-5-3-2-4-6-14)27-23(32)26-19-11-17-20(18(12-30)25-19)22(29-28-17)15-7-9-16(24)10-8-15/h2-11,13,21,30-31H,12H2,1H3,(H,28,29)(H2,25,26,27,32)/t13-,21-/m1/s1. The monoisotopic (exact) mass is 435 g/mol. The molecule has 164 valence electrons. The number of rotatable bonds is 6. The number of carbonyl (C=O) groups excluding carboxylic acids is 1. The van der Waals surface area contributed by atoms with Gasteiger partial charge in [-0.3, -0.25) is 10.4 Å². The molecule has 2 atom stereocenters. The first-order valence-electron chi connectivity index (χ1n) is 10.0. The molecule has 0 radical (unpaired) electrons. The molecular weight excluding hydrogens is 413 g/mol. The maximum atomic E-state index is 13.3. The van der Waals surface area contributed by atoms with Crippen LogP contribution in [0.1, 0.15) is 24.2 Å². The molecular formula is C23H22FN5O3. The van der Waals surface area contributed by atoms with Crippen molar-refractivity contribution < 1.29 is 19.4 Å². The van der Waals surface area contributed by atoms with E-state index in [0.717, 1.165) is 5.56 Å². The molecule has 0 saturated heterocycles. The summed E-state index contributed by atoms with van der Waals surface area (Å²) in [6, 6.07) is 15.4. The van der Waals surface area contributed by atoms with Crippen molar-refractivity contribution in [2.45, 2.75) is 25.7 Å². The molecule has 9 heteroatoms. The zero-order valence-electron chi connectivity index (χ0n) is 17.2. The lowest BCUT2D eigenvalue weighted by atomic mass is 10.0. The van der Waals surface area contributed by atoms with Crippen LogP contribution in [0.25, 0.3) is 22.2 Å². The highest BCUT2D eigenvalue weighted by Gasteiger charge is 2.21. The molecule has 5 N–H and O–H groups in total. The minimum absolute atomic E-state index is 0.200. The number of H-pyrrole nitrogens is 1. The lowest BCUT2D eigenvalue weighted by Crippen LogP contribution is -2.38. The quantitative estimate of drug-likeness (QED) is 0.317. The van der Waals surface area contributed by atoms with E-state index in [0.29, 0.717) is 27.9 Å². The Labute approximate surface area is 183 Å². The van der Waals surface area contributed by atoms with Crippen LogP contribution in [0, 0.1) is 5.82 Å². The molecule has 0 aliphatic rings. The highest BCUT2D eigenvalue weighted by atomic mass is 19.1. The Morgan fingerprint density at radius 2 is 1.88 bits per heavy atom. The van der Waals surface area contributed by atoms with Crippen molar-refractivity contribution in [3.8, 4) is 11.3 Å². The van der Waals surface area contributed by atoms with Crippen molar-refractivity contribution in [3.05, 3.63) is 77.7 Å². The molecule has 2 aromatic carbocycles. The van der Waals surface area contributed by atoms with Crippen LogP contribution in [-0.4, -0.2) is 37.5 Å². The van der Waals surface area contributed by atoms with Gasteiger partial charge in [-0.25, -0.2) is 14.2 Å². The van der Waals surface area contributed by atoms with Gasteiger partial charge in [0.25, 0.3) is 0 Å². The molecule has 2 heterocycles. The minimum atomic E-state index is -0.822. The number of urea groups is 1. The summed E-state index contributed by atoms with van der Waals surface area (Å²) >= 11 is 0. The molecule has 2 amide bonds. The molecule has 0 aliphatic carbocycles. The van der Waals surface area contributed by atoms with Gasteiger partial charge in [0.2, 0.25) is 0 Å². The maximum Gasteiger partial charge on any atom is 0.320 e. The second-order valence-corrected chi connectivity index (χ2v) is 7.34. The number of halogens is 1. The smallest absolute Gasteiger partial charge is 0.320 e. The second kappa shape index (κ2) is 9.13. The minimum Gasteiger partial charge on any atom is -0.391 e. The molecule has 0 aliphatic heterocycles. The van der Waals surface area contributed by atoms with Gasteiger partial charge in [-0.05, 0) is 36.8 Å². The van der Waals surface area contributed by atoms with E-state index in [4.69, 9.17) is 0 Å². The second-order valence-electron chi connectivity index (χ2n) is 7.34. The number of nitrogens with one attached hydrogen (secondary N) is 3. The first-order valence-corrected chi connectivity index (χ1v) is 10.0. The molecule has 32 heavy (non-hydrogen) atoms. The summed E-state index contributed by atoms with van der Waals surface area (Å²) in [5.41, 5.74) is 2.80. The highest BCUT2D eigenvalue weighted by Crippen LogP contribution is 2.30. The predicted octanol–water partition coefficient (Wildman–Crippen LogP) is 3.50. The number of hydrogen-bond acceptors (Lipinski definition) is 5. The summed E-state index contributed by atoms with van der Waals surface area (Å²) < 4.78 is 13.3. The topological polar surface area (TPSA) is 123 Å². The van der Waals surface area contributed by atoms with Crippen molar-refractivity contribution in [1.82, 2.24) is 20.5 Å². The third-order valence-electron chi connectivity index (χ3n) is 5.06. The average Bonchev–Trinajstić information content (AvgIpc) is 3.22. The largest absolute Gasteiger partial charge is 0.391 e. The van der Waals surface area contributed by atoms with Crippen LogP contribution in [0.3, 0.4) is 0 Å². The number of aliphatic hydroxyl groups excluding tert-OH is 2. The molecule has 8 nitrogen and oxygen atoms in total. The van der Waals surface area contributed by atoms with Gasteiger partial charge in [-0.15, -0.1) is 0 Å². The third-order valence-corrected chi connectivity index (χ3v) is 5.06. The molecule has 0 saturated carbocycles. The first kappa shape index (κ1) is 21.4. The molecule has 4 aromatic rings. The van der Waals surface area contributed by atoms with Crippen LogP contribution in [0.2, 0.25) is 0 Å². The van der Waals surface area contributed by atoms with Crippen molar-refractivity contribution in [2.75, 3.05) is 5.32 Å². The summed E-state index contributed by atoms with van der Waals surface area (Å²) in [6.07, 6.45) is -0.822. The molecule has 0 bridgehead atoms. The Bertz CT molecular complexity index is 1230. The summed E-state index contributed by atoms with van der Waals surface area (Å²) in [5.74, 6) is -0.164. The van der Waals surface area contributed by atoms with Gasteiger partial charge in [-0.1, -0.05) is 30.3 Å². The zero-order valence-corrected chi connectivity index (χ0v) is 17.2. The average molecular weight is 435 g/mol. The van der Waals surface area contributed by atoms with Crippen LogP contribution in [-0.2, 0) is 6.61 Å². The van der Waals surface area contributed by atoms with Gasteiger partial charge < -0.3 is 15.5 Å². The van der Waals surface area contributed by atoms with Crippen LogP contribution < -0.4 is 10.6 Å². The number of aliphatic hydroxyl groups is 2. The van der Waals surface area contributed by atoms with E-state index in [2.05, 4.69) is 25.8 Å². The number of fused-ring (bicyclic) bond motifs is 1. The van der Waals surface area contributed by atoms with Gasteiger partial charge in [0, 0.05) is 11.6 Å². The fourth-order valence-corrected chi connectivity index (χ4v) is 3.55. The van der Waals surface area contributed by atoms with Gasteiger partial charge >= 0.3 is 6.03 Å². The van der Waals surface area contributed by atoms with Crippen LogP contribution in [0.15, 0.2) is 60.7 Å². The Morgan fingerprint density at radius 1 is 1.16 bits per heavy atom. The Hall–Kier alpha value is -3.82. The summed E-state index contributed by atoms with van der Waals surface area (Å²) in [4.78, 5) is 16.9. The number of hydrogen-bond donors (Lipinski definition) is 5. The number of benzene rings is 2. The Morgan fingerprint density at radius 3 is 2.53 bits per heavy atom. The van der Waals surface area contributed by atoms with E-state index >= 15 is 0 Å². The number of aromatic nitrogens is 3. The van der Waals surface area contributed by atoms with E-state index in [9.17, 15) is 19.4 Å². The lowest BCUT2D eigenvalue weighted by molar-refractivity contribution is 0.148. The Kier molecular flexibility index (Phi) is 6.11. The van der Waals surface area contributed by atoms with Gasteiger partial charge in [-0.2, -0.15) is 5.10 Å². The summed E-state index contributed by atoms with van der Waals surface area (Å²) in [5, 5.41) is 33.1. The first-order chi connectivity index (χ1) is 15.5. The fraction of sp³-hybridized carbons (Fsp3) is 0.174. The van der Waals surface area contributed by atoms with E-state index in [1.54, 1.807) is 25.1 Å². The van der Waals surface area contributed by atoms with Crippen molar-refractivity contribution in [3.63, 3.8) is 0 Å². The fourth-order valence-electron chi connectivity index (χ4n) is 3.55. The zero-order chi connectivity index (χ0) is 22.7. The normalized spacial score (nSPS) is 13.0. The van der Waals surface area contributed by atoms with Crippen molar-refractivity contribution >= 4 is 22.8 Å². The molecule has 0 fully saturated rings. The van der Waals surface area contributed by atoms with Gasteiger partial charge in [0.1, 0.15) is 17.3 Å². The molecule has 0 unspecified atom stereocenters. The van der Waals surface area contributed by atoms with Crippen LogP contribution in [0.4, 0.5) is 15.0 Å². The third kappa shape index (κ3) is 4.43. The lowest BCUT2D eigenvalue weighted by Gasteiger charge is -2.22. The number of aromatic amines is 1. The number of amides is 2. The van der Waals surface area contributed by atoms with Gasteiger partial charge in [0.15, 0.2) is 0 Å². The number of carbonyl (C=O) groups is 1. The van der Waals surface area contributed by atoms with E-state index in [1.807, 2.05) is 30.3 Å². The van der Waals surface area contributed by atoms with Gasteiger partial charge in [0.05, 0.1) is 35.3 Å². The number of anilines is 1. The molecule has 2 aromatic heterocycles. The van der Waals surface area contributed by atoms with Crippen LogP contribution in [0.5, 0.6) is 0 Å². The van der Waals surface area contributed by atoms with E-state index < -0.39 is 18.2 Å². The maximum absolute atomic E-state index is 13.3. The molecule has 4 rings (SSSR count). The SMILES string of the molecule is C[C@@H](O)[C@@H](NC(=O)Nc1cc2[nH]nc(-c3ccc(F)cc3)c2c(CO)n1)c1ccccc1. The number of nitrogens with zero attached hydrogens (tertiary/aromatic N) is 2. The van der Waals surface area contributed by atoms with Crippen LogP contribution >= 0.6 is 0 Å². The van der Waals surface area contributed by atoms with Crippen molar-refractivity contribution in [2.24, 2.45) is 0 Å². The molecule has 0 spiro atoms. The summed E-state index contributed by atoms with van der Waals surface area (Å²) in [7, 11) is 0.